The highest BCUT2D eigenvalue weighted by Crippen LogP contribution is 2.29. The number of benzene rings is 1. The van der Waals surface area contributed by atoms with Crippen LogP contribution >= 0.6 is 0 Å². The van der Waals surface area contributed by atoms with E-state index in [-0.39, 0.29) is 6.04 Å². The Kier molecular flexibility index (Phi) is 3.49. The van der Waals surface area contributed by atoms with E-state index >= 15 is 0 Å². The molecular weight excluding hydrogens is 214 g/mol. The Morgan fingerprint density at radius 3 is 2.82 bits per heavy atom. The van der Waals surface area contributed by atoms with Crippen LogP contribution in [0.3, 0.4) is 0 Å². The topological polar surface area (TPSA) is 48.4 Å². The van der Waals surface area contributed by atoms with Crippen LogP contribution in [-0.4, -0.2) is 6.61 Å². The third-order valence-corrected chi connectivity index (χ3v) is 2.65. The summed E-state index contributed by atoms with van der Waals surface area (Å²) in [7, 11) is 0. The van der Waals surface area contributed by atoms with Crippen LogP contribution in [0.4, 0.5) is 0 Å². The summed E-state index contributed by atoms with van der Waals surface area (Å²) < 4.78 is 10.9. The molecule has 1 atom stereocenters. The Balaban J connectivity index is 2.38. The Bertz CT molecular complexity index is 477. The van der Waals surface area contributed by atoms with Gasteiger partial charge in [-0.3, -0.25) is 0 Å². The van der Waals surface area contributed by atoms with Crippen molar-refractivity contribution in [2.45, 2.75) is 19.9 Å². The zero-order valence-corrected chi connectivity index (χ0v) is 10.1. The molecule has 0 bridgehead atoms. The van der Waals surface area contributed by atoms with Gasteiger partial charge >= 0.3 is 0 Å². The smallest absolute Gasteiger partial charge is 0.125 e. The van der Waals surface area contributed by atoms with Gasteiger partial charge in [-0.15, -0.1) is 0 Å². The van der Waals surface area contributed by atoms with Crippen molar-refractivity contribution in [3.8, 4) is 5.75 Å². The van der Waals surface area contributed by atoms with E-state index < -0.39 is 0 Å². The summed E-state index contributed by atoms with van der Waals surface area (Å²) >= 11 is 0. The van der Waals surface area contributed by atoms with Crippen LogP contribution in [0.2, 0.25) is 0 Å². The fourth-order valence-corrected chi connectivity index (χ4v) is 1.82. The molecule has 0 fully saturated rings. The molecule has 0 spiro atoms. The van der Waals surface area contributed by atoms with E-state index in [1.54, 1.807) is 6.26 Å². The lowest BCUT2D eigenvalue weighted by Crippen LogP contribution is -2.13. The maximum absolute atomic E-state index is 6.19. The van der Waals surface area contributed by atoms with Crippen molar-refractivity contribution in [3.05, 3.63) is 53.5 Å². The standard InChI is InChI=1S/C14H17NO2/c1-3-16-12-7-6-10(2)9-11(12)14(15)13-5-4-8-17-13/h4-9,14H,3,15H2,1-2H3. The fourth-order valence-electron chi connectivity index (χ4n) is 1.82. The third-order valence-electron chi connectivity index (χ3n) is 2.65. The van der Waals surface area contributed by atoms with E-state index in [4.69, 9.17) is 14.9 Å². The first-order valence-corrected chi connectivity index (χ1v) is 5.74. The molecule has 1 heterocycles. The lowest BCUT2D eigenvalue weighted by molar-refractivity contribution is 0.333. The zero-order valence-electron chi connectivity index (χ0n) is 10.1. The molecule has 3 nitrogen and oxygen atoms in total. The van der Waals surface area contributed by atoms with Crippen LogP contribution in [0.15, 0.2) is 41.0 Å². The summed E-state index contributed by atoms with van der Waals surface area (Å²) in [6.45, 7) is 4.62. The first-order chi connectivity index (χ1) is 8.22. The van der Waals surface area contributed by atoms with Crippen LogP contribution < -0.4 is 10.5 Å². The van der Waals surface area contributed by atoms with Gasteiger partial charge in [-0.25, -0.2) is 0 Å². The number of aryl methyl sites for hydroxylation is 1. The molecule has 0 radical (unpaired) electrons. The molecule has 1 aromatic heterocycles. The van der Waals surface area contributed by atoms with Gasteiger partial charge in [0.2, 0.25) is 0 Å². The van der Waals surface area contributed by atoms with Crippen LogP contribution in [0, 0.1) is 6.92 Å². The first-order valence-electron chi connectivity index (χ1n) is 5.74. The number of hydrogen-bond acceptors (Lipinski definition) is 3. The molecule has 90 valence electrons. The molecule has 0 aliphatic heterocycles. The first kappa shape index (κ1) is 11.7. The molecule has 0 aliphatic carbocycles. The summed E-state index contributed by atoms with van der Waals surface area (Å²) in [4.78, 5) is 0. The van der Waals surface area contributed by atoms with Gasteiger partial charge in [-0.2, -0.15) is 0 Å². The molecule has 0 aliphatic rings. The summed E-state index contributed by atoms with van der Waals surface area (Å²) in [6.07, 6.45) is 1.63. The lowest BCUT2D eigenvalue weighted by atomic mass is 10.0. The van der Waals surface area contributed by atoms with E-state index in [1.807, 2.05) is 44.2 Å². The highest BCUT2D eigenvalue weighted by Gasteiger charge is 2.16. The fraction of sp³-hybridized carbons (Fsp3) is 0.286. The van der Waals surface area contributed by atoms with Crippen molar-refractivity contribution >= 4 is 0 Å². The van der Waals surface area contributed by atoms with Gasteiger partial charge in [0.15, 0.2) is 0 Å². The van der Waals surface area contributed by atoms with Crippen molar-refractivity contribution in [3.63, 3.8) is 0 Å². The summed E-state index contributed by atoms with van der Waals surface area (Å²) in [5.74, 6) is 1.57. The molecule has 2 aromatic rings. The van der Waals surface area contributed by atoms with Gasteiger partial charge in [0, 0.05) is 5.56 Å². The lowest BCUT2D eigenvalue weighted by Gasteiger charge is -2.15. The van der Waals surface area contributed by atoms with Crippen molar-refractivity contribution in [2.75, 3.05) is 6.61 Å². The van der Waals surface area contributed by atoms with Crippen molar-refractivity contribution in [1.82, 2.24) is 0 Å². The largest absolute Gasteiger partial charge is 0.494 e. The summed E-state index contributed by atoms with van der Waals surface area (Å²) in [6, 6.07) is 9.44. The second-order valence-electron chi connectivity index (χ2n) is 3.97. The van der Waals surface area contributed by atoms with Crippen LogP contribution in [-0.2, 0) is 0 Å². The molecule has 2 rings (SSSR count). The van der Waals surface area contributed by atoms with Crippen LogP contribution in [0.1, 0.15) is 29.9 Å². The second-order valence-corrected chi connectivity index (χ2v) is 3.97. The van der Waals surface area contributed by atoms with E-state index in [1.165, 1.54) is 0 Å². The minimum Gasteiger partial charge on any atom is -0.494 e. The highest BCUT2D eigenvalue weighted by molar-refractivity contribution is 5.41. The van der Waals surface area contributed by atoms with Gasteiger partial charge in [-0.05, 0) is 32.0 Å². The monoisotopic (exact) mass is 231 g/mol. The maximum Gasteiger partial charge on any atom is 0.125 e. The second kappa shape index (κ2) is 5.06. The third kappa shape index (κ3) is 2.50. The highest BCUT2D eigenvalue weighted by atomic mass is 16.5. The normalized spacial score (nSPS) is 12.4. The van der Waals surface area contributed by atoms with E-state index in [9.17, 15) is 0 Å². The van der Waals surface area contributed by atoms with E-state index in [0.717, 1.165) is 22.6 Å². The van der Waals surface area contributed by atoms with E-state index in [2.05, 4.69) is 0 Å². The molecule has 0 saturated carbocycles. The number of furan rings is 1. The predicted molar refractivity (Wildman–Crippen MR) is 67.1 cm³/mol. The summed E-state index contributed by atoms with van der Waals surface area (Å²) in [5, 5.41) is 0. The van der Waals surface area contributed by atoms with Crippen molar-refractivity contribution in [2.24, 2.45) is 5.73 Å². The molecule has 17 heavy (non-hydrogen) atoms. The van der Waals surface area contributed by atoms with Gasteiger partial charge < -0.3 is 14.9 Å². The zero-order chi connectivity index (χ0) is 12.3. The molecular formula is C14H17NO2. The number of rotatable bonds is 4. The SMILES string of the molecule is CCOc1ccc(C)cc1C(N)c1ccco1. The van der Waals surface area contributed by atoms with Crippen molar-refractivity contribution < 1.29 is 9.15 Å². The quantitative estimate of drug-likeness (QED) is 0.879. The minimum absolute atomic E-state index is 0.286. The average molecular weight is 231 g/mol. The predicted octanol–water partition coefficient (Wildman–Crippen LogP) is 3.03. The molecule has 0 saturated heterocycles. The number of hydrogen-bond donors (Lipinski definition) is 1. The number of ether oxygens (including phenoxy) is 1. The molecule has 1 aromatic carbocycles. The van der Waals surface area contributed by atoms with Crippen LogP contribution in [0.25, 0.3) is 0 Å². The van der Waals surface area contributed by atoms with Gasteiger partial charge in [0.25, 0.3) is 0 Å². The van der Waals surface area contributed by atoms with Gasteiger partial charge in [-0.1, -0.05) is 17.7 Å². The molecule has 1 unspecified atom stereocenters. The van der Waals surface area contributed by atoms with Crippen LogP contribution in [0.5, 0.6) is 5.75 Å². The summed E-state index contributed by atoms with van der Waals surface area (Å²) in [5.41, 5.74) is 8.30. The van der Waals surface area contributed by atoms with Gasteiger partial charge in [0.1, 0.15) is 11.5 Å². The molecule has 3 heteroatoms. The Hall–Kier alpha value is -1.74. The molecule has 2 N–H and O–H groups in total. The average Bonchev–Trinajstić information content (AvgIpc) is 2.84. The van der Waals surface area contributed by atoms with Gasteiger partial charge in [0.05, 0.1) is 18.9 Å². The van der Waals surface area contributed by atoms with E-state index in [0.29, 0.717) is 6.61 Å². The van der Waals surface area contributed by atoms with Crippen molar-refractivity contribution in [1.29, 1.82) is 0 Å². The Labute approximate surface area is 101 Å². The number of nitrogens with two attached hydrogens (primary N) is 1. The Morgan fingerprint density at radius 1 is 1.35 bits per heavy atom. The maximum atomic E-state index is 6.19. The Morgan fingerprint density at radius 2 is 2.18 bits per heavy atom. The minimum atomic E-state index is -0.286. The molecule has 0 amide bonds.